The summed E-state index contributed by atoms with van der Waals surface area (Å²) in [6, 6.07) is 1.83. The van der Waals surface area contributed by atoms with Gasteiger partial charge in [-0.1, -0.05) is 0 Å². The number of anilines is 1. The maximum absolute atomic E-state index is 12.4. The Morgan fingerprint density at radius 3 is 3.23 bits per heavy atom. The van der Waals surface area contributed by atoms with Crippen molar-refractivity contribution in [2.75, 3.05) is 24.6 Å². The Morgan fingerprint density at radius 1 is 1.46 bits per heavy atom. The van der Waals surface area contributed by atoms with Gasteiger partial charge in [-0.25, -0.2) is 9.97 Å². The van der Waals surface area contributed by atoms with Gasteiger partial charge in [-0.15, -0.1) is 0 Å². The highest BCUT2D eigenvalue weighted by Gasteiger charge is 2.25. The average Bonchev–Trinajstić information content (AvgIpc) is 3.17. The van der Waals surface area contributed by atoms with Crippen LogP contribution in [0.3, 0.4) is 0 Å². The second-order valence-electron chi connectivity index (χ2n) is 6.76. The van der Waals surface area contributed by atoms with E-state index in [1.54, 1.807) is 10.7 Å². The minimum atomic E-state index is -0.118. The summed E-state index contributed by atoms with van der Waals surface area (Å²) in [5.41, 5.74) is 2.62. The highest BCUT2D eigenvalue weighted by atomic mass is 16.5. The second kappa shape index (κ2) is 7.41. The molecule has 8 heteroatoms. The number of hydrogen-bond donors (Lipinski definition) is 1. The molecule has 138 valence electrons. The molecular formula is C18H24N6O2. The monoisotopic (exact) mass is 356 g/mol. The maximum Gasteiger partial charge on any atom is 0.272 e. The Balaban J connectivity index is 1.41. The van der Waals surface area contributed by atoms with Crippen LogP contribution in [-0.4, -0.2) is 51.4 Å². The van der Waals surface area contributed by atoms with Crippen molar-refractivity contribution in [2.45, 2.75) is 45.4 Å². The zero-order valence-electron chi connectivity index (χ0n) is 15.0. The van der Waals surface area contributed by atoms with Gasteiger partial charge >= 0.3 is 0 Å². The lowest BCUT2D eigenvalue weighted by molar-refractivity contribution is 0.0927. The fourth-order valence-corrected chi connectivity index (χ4v) is 3.47. The van der Waals surface area contributed by atoms with Gasteiger partial charge in [0.05, 0.1) is 18.9 Å². The number of nitrogens with zero attached hydrogens (tertiary/aromatic N) is 5. The molecule has 4 heterocycles. The topological polar surface area (TPSA) is 85.2 Å². The number of fused-ring (bicyclic) bond motifs is 1. The van der Waals surface area contributed by atoms with Crippen LogP contribution in [0.1, 0.15) is 41.5 Å². The van der Waals surface area contributed by atoms with E-state index in [0.29, 0.717) is 18.9 Å². The molecule has 0 bridgehead atoms. The van der Waals surface area contributed by atoms with Crippen LogP contribution in [-0.2, 0) is 24.3 Å². The molecule has 26 heavy (non-hydrogen) atoms. The number of rotatable bonds is 4. The van der Waals surface area contributed by atoms with Crippen molar-refractivity contribution in [1.29, 1.82) is 0 Å². The third-order valence-electron chi connectivity index (χ3n) is 4.92. The molecule has 1 saturated heterocycles. The van der Waals surface area contributed by atoms with Gasteiger partial charge in [0.2, 0.25) is 5.95 Å². The Hall–Kier alpha value is -2.48. The van der Waals surface area contributed by atoms with Crippen LogP contribution in [0.15, 0.2) is 18.5 Å². The first-order valence-electron chi connectivity index (χ1n) is 9.24. The minimum absolute atomic E-state index is 0.0750. The van der Waals surface area contributed by atoms with Crippen molar-refractivity contribution in [2.24, 2.45) is 0 Å². The van der Waals surface area contributed by atoms with Gasteiger partial charge in [0.15, 0.2) is 0 Å². The predicted molar refractivity (Wildman–Crippen MR) is 96.0 cm³/mol. The molecule has 4 rings (SSSR count). The molecule has 8 nitrogen and oxygen atoms in total. The molecule has 0 aliphatic carbocycles. The summed E-state index contributed by atoms with van der Waals surface area (Å²) in [7, 11) is 0. The molecule has 0 saturated carbocycles. The van der Waals surface area contributed by atoms with Crippen LogP contribution < -0.4 is 10.2 Å². The van der Waals surface area contributed by atoms with E-state index in [1.165, 1.54) is 0 Å². The van der Waals surface area contributed by atoms with Crippen molar-refractivity contribution in [3.05, 3.63) is 35.4 Å². The molecular weight excluding hydrogens is 332 g/mol. The Kier molecular flexibility index (Phi) is 4.83. The number of aromatic nitrogens is 4. The molecule has 1 N–H and O–H groups in total. The second-order valence-corrected chi connectivity index (χ2v) is 6.76. The van der Waals surface area contributed by atoms with E-state index in [2.05, 4.69) is 20.3 Å². The van der Waals surface area contributed by atoms with Crippen molar-refractivity contribution >= 4 is 11.9 Å². The number of hydrogen-bond acceptors (Lipinski definition) is 6. The SMILES string of the molecule is CCn1ccc(C(=O)N[C@H]2CCCN(c3ncc4c(n3)CCOC4)C2)n1. The first kappa shape index (κ1) is 17.0. The molecule has 2 aromatic heterocycles. The quantitative estimate of drug-likeness (QED) is 0.885. The summed E-state index contributed by atoms with van der Waals surface area (Å²) in [5, 5.41) is 7.38. The molecule has 2 aliphatic rings. The van der Waals surface area contributed by atoms with Gasteiger partial charge < -0.3 is 15.0 Å². The molecule has 1 amide bonds. The van der Waals surface area contributed by atoms with Crippen molar-refractivity contribution in [3.8, 4) is 0 Å². The standard InChI is InChI=1S/C18H24N6O2/c1-2-24-8-5-16(22-24)17(25)20-14-4-3-7-23(11-14)18-19-10-13-12-26-9-6-15(13)21-18/h5,8,10,14H,2-4,6-7,9,11-12H2,1H3,(H,20,25)/t14-/m0/s1. The van der Waals surface area contributed by atoms with E-state index >= 15 is 0 Å². The Morgan fingerprint density at radius 2 is 2.38 bits per heavy atom. The van der Waals surface area contributed by atoms with Crippen LogP contribution in [0.5, 0.6) is 0 Å². The van der Waals surface area contributed by atoms with E-state index in [-0.39, 0.29) is 11.9 Å². The number of piperidine rings is 1. The summed E-state index contributed by atoms with van der Waals surface area (Å²) in [6.07, 6.45) is 6.48. The summed E-state index contributed by atoms with van der Waals surface area (Å²) in [5.74, 6) is 0.632. The largest absolute Gasteiger partial charge is 0.376 e. The fourth-order valence-electron chi connectivity index (χ4n) is 3.47. The molecule has 2 aliphatic heterocycles. The highest BCUT2D eigenvalue weighted by Crippen LogP contribution is 2.20. The number of nitrogens with one attached hydrogen (secondary N) is 1. The van der Waals surface area contributed by atoms with Crippen molar-refractivity contribution in [1.82, 2.24) is 25.1 Å². The summed E-state index contributed by atoms with van der Waals surface area (Å²) in [6.45, 7) is 5.69. The van der Waals surface area contributed by atoms with Gasteiger partial charge in [-0.2, -0.15) is 5.10 Å². The number of aryl methyl sites for hydroxylation is 1. The maximum atomic E-state index is 12.4. The third kappa shape index (κ3) is 3.55. The predicted octanol–water partition coefficient (Wildman–Crippen LogP) is 1.16. The van der Waals surface area contributed by atoms with E-state index in [1.807, 2.05) is 19.3 Å². The zero-order valence-corrected chi connectivity index (χ0v) is 15.0. The van der Waals surface area contributed by atoms with Crippen LogP contribution in [0, 0.1) is 0 Å². The van der Waals surface area contributed by atoms with Gasteiger partial charge in [-0.05, 0) is 25.8 Å². The van der Waals surface area contributed by atoms with Gasteiger partial charge in [0.1, 0.15) is 5.69 Å². The summed E-state index contributed by atoms with van der Waals surface area (Å²) >= 11 is 0. The van der Waals surface area contributed by atoms with E-state index in [9.17, 15) is 4.79 Å². The highest BCUT2D eigenvalue weighted by molar-refractivity contribution is 5.92. The molecule has 0 spiro atoms. The van der Waals surface area contributed by atoms with Crippen molar-refractivity contribution < 1.29 is 9.53 Å². The minimum Gasteiger partial charge on any atom is -0.376 e. The van der Waals surface area contributed by atoms with E-state index in [0.717, 1.165) is 56.1 Å². The molecule has 2 aromatic rings. The number of amides is 1. The first-order chi connectivity index (χ1) is 12.7. The lowest BCUT2D eigenvalue weighted by atomic mass is 10.1. The van der Waals surface area contributed by atoms with Crippen LogP contribution in [0.4, 0.5) is 5.95 Å². The molecule has 0 radical (unpaired) electrons. The number of carbonyl (C=O) groups excluding carboxylic acids is 1. The number of carbonyl (C=O) groups is 1. The van der Waals surface area contributed by atoms with Crippen LogP contribution >= 0.6 is 0 Å². The fraction of sp³-hybridized carbons (Fsp3) is 0.556. The van der Waals surface area contributed by atoms with Gasteiger partial charge in [0, 0.05) is 50.1 Å². The normalized spacial score (nSPS) is 19.9. The van der Waals surface area contributed by atoms with Gasteiger partial charge in [-0.3, -0.25) is 9.48 Å². The zero-order chi connectivity index (χ0) is 17.9. The van der Waals surface area contributed by atoms with Crippen LogP contribution in [0.2, 0.25) is 0 Å². The molecule has 0 unspecified atom stereocenters. The lowest BCUT2D eigenvalue weighted by Gasteiger charge is -2.33. The molecule has 1 atom stereocenters. The Labute approximate surface area is 152 Å². The van der Waals surface area contributed by atoms with Crippen LogP contribution in [0.25, 0.3) is 0 Å². The third-order valence-corrected chi connectivity index (χ3v) is 4.92. The summed E-state index contributed by atoms with van der Waals surface area (Å²) < 4.78 is 7.20. The molecule has 1 fully saturated rings. The average molecular weight is 356 g/mol. The first-order valence-corrected chi connectivity index (χ1v) is 9.24. The van der Waals surface area contributed by atoms with Gasteiger partial charge in [0.25, 0.3) is 5.91 Å². The molecule has 0 aromatic carbocycles. The van der Waals surface area contributed by atoms with E-state index < -0.39 is 0 Å². The Bertz CT molecular complexity index is 790. The smallest absolute Gasteiger partial charge is 0.272 e. The summed E-state index contributed by atoms with van der Waals surface area (Å²) in [4.78, 5) is 23.8. The lowest BCUT2D eigenvalue weighted by Crippen LogP contribution is -2.48. The van der Waals surface area contributed by atoms with Crippen molar-refractivity contribution in [3.63, 3.8) is 0 Å². The van der Waals surface area contributed by atoms with E-state index in [4.69, 9.17) is 9.72 Å². The number of ether oxygens (including phenoxy) is 1.